The molecule has 0 bridgehead atoms. The van der Waals surface area contributed by atoms with Gasteiger partial charge in [0.1, 0.15) is 0 Å². The highest BCUT2D eigenvalue weighted by molar-refractivity contribution is 7.92. The van der Waals surface area contributed by atoms with Crippen LogP contribution in [0.1, 0.15) is 56.5 Å². The Morgan fingerprint density at radius 1 is 1.17 bits per heavy atom. The van der Waals surface area contributed by atoms with Gasteiger partial charge in [-0.05, 0) is 57.9 Å². The Hall–Kier alpha value is -3.13. The summed E-state index contributed by atoms with van der Waals surface area (Å²) in [6, 6.07) is 9.33. The molecule has 1 unspecified atom stereocenters. The molecule has 0 aliphatic carbocycles. The molecule has 2 amide bonds. The van der Waals surface area contributed by atoms with Gasteiger partial charge in [-0.2, -0.15) is 0 Å². The third kappa shape index (κ3) is 5.42. The largest absolute Gasteiger partial charge is 0.371 e. The Kier molecular flexibility index (Phi) is 7.45. The lowest BCUT2D eigenvalue weighted by Crippen LogP contribution is -2.50. The number of amides is 2. The zero-order chi connectivity index (χ0) is 26.0. The Bertz CT molecular complexity index is 1280. The maximum atomic E-state index is 12.8. The van der Waals surface area contributed by atoms with Crippen LogP contribution in [0.2, 0.25) is 0 Å². The predicted octanol–water partition coefficient (Wildman–Crippen LogP) is 2.64. The summed E-state index contributed by atoms with van der Waals surface area (Å²) in [7, 11) is -3.84. The van der Waals surface area contributed by atoms with E-state index in [4.69, 9.17) is 9.94 Å². The molecule has 2 heterocycles. The van der Waals surface area contributed by atoms with Crippen molar-refractivity contribution >= 4 is 21.8 Å². The first kappa shape index (κ1) is 26.5. The maximum absolute atomic E-state index is 12.8. The summed E-state index contributed by atoms with van der Waals surface area (Å²) < 4.78 is 29.7. The summed E-state index contributed by atoms with van der Waals surface area (Å²) in [5, 5.41) is 8.95. The van der Waals surface area contributed by atoms with E-state index in [-0.39, 0.29) is 31.1 Å². The predicted molar refractivity (Wildman–Crippen MR) is 131 cm³/mol. The van der Waals surface area contributed by atoms with Crippen molar-refractivity contribution < 1.29 is 28.0 Å². The number of carbonyl (C=O) groups excluding carboxylic acids is 2. The Morgan fingerprint density at radius 2 is 1.80 bits per heavy atom. The van der Waals surface area contributed by atoms with E-state index in [9.17, 15) is 18.0 Å². The van der Waals surface area contributed by atoms with Gasteiger partial charge >= 0.3 is 6.03 Å². The fraction of sp³-hybridized carbons (Fsp3) is 0.440. The number of carbonyl (C=O) groups is 2. The summed E-state index contributed by atoms with van der Waals surface area (Å²) in [5.41, 5.74) is 4.34. The van der Waals surface area contributed by atoms with Crippen LogP contribution < -0.4 is 5.48 Å². The number of benzene rings is 1. The quantitative estimate of drug-likeness (QED) is 0.326. The summed E-state index contributed by atoms with van der Waals surface area (Å²) >= 11 is 0. The number of aromatic nitrogens is 1. The van der Waals surface area contributed by atoms with Crippen LogP contribution in [-0.2, 0) is 31.5 Å². The summed E-state index contributed by atoms with van der Waals surface area (Å²) in [4.78, 5) is 26.3. The number of fused-ring (bicyclic) bond motifs is 1. The molecule has 2 aromatic rings. The second kappa shape index (κ2) is 9.85. The van der Waals surface area contributed by atoms with Crippen LogP contribution >= 0.6 is 0 Å². The highest BCUT2D eigenvalue weighted by Crippen LogP contribution is 2.26. The molecule has 1 atom stereocenters. The highest BCUT2D eigenvalue weighted by atomic mass is 32.2. The van der Waals surface area contributed by atoms with E-state index >= 15 is 0 Å². The standard InChI is InChI=1S/C25H31N3O6S/c1-6-34-24(2,3)20-11-9-18(10-12-20)7-8-19-15-21-17-27(23(30)28(21)16-19)14-13-25(4,22(29)26-31)35(5,32)33/h9-12,15-16,31H,6,13-14,17H2,1-5H3,(H,26,29). The second-order valence-corrected chi connectivity index (χ2v) is 11.7. The van der Waals surface area contributed by atoms with Gasteiger partial charge in [-0.25, -0.2) is 18.7 Å². The van der Waals surface area contributed by atoms with Crippen molar-refractivity contribution in [2.24, 2.45) is 0 Å². The molecule has 1 aromatic carbocycles. The lowest BCUT2D eigenvalue weighted by molar-refractivity contribution is -0.131. The van der Waals surface area contributed by atoms with Crippen LogP contribution in [0.15, 0.2) is 36.5 Å². The smallest absolute Gasteiger partial charge is 0.328 e. The molecule has 0 radical (unpaired) electrons. The molecule has 10 heteroatoms. The zero-order valence-electron chi connectivity index (χ0n) is 20.6. The molecule has 0 spiro atoms. The third-order valence-electron chi connectivity index (χ3n) is 6.42. The number of hydrogen-bond acceptors (Lipinski definition) is 6. The van der Waals surface area contributed by atoms with Gasteiger partial charge in [-0.15, -0.1) is 0 Å². The lowest BCUT2D eigenvalue weighted by atomic mass is 9.97. The van der Waals surface area contributed by atoms with Gasteiger partial charge in [0, 0.05) is 42.4 Å². The minimum atomic E-state index is -3.84. The maximum Gasteiger partial charge on any atom is 0.328 e. The van der Waals surface area contributed by atoms with E-state index in [0.29, 0.717) is 12.2 Å². The lowest BCUT2D eigenvalue weighted by Gasteiger charge is -2.27. The number of nitrogens with one attached hydrogen (secondary N) is 1. The van der Waals surface area contributed by atoms with E-state index in [1.54, 1.807) is 6.20 Å². The molecule has 35 heavy (non-hydrogen) atoms. The van der Waals surface area contributed by atoms with E-state index in [0.717, 1.165) is 23.1 Å². The number of nitrogens with zero attached hydrogens (tertiary/aromatic N) is 2. The van der Waals surface area contributed by atoms with Gasteiger partial charge in [0.25, 0.3) is 5.91 Å². The minimum absolute atomic E-state index is 0.0307. The first-order valence-corrected chi connectivity index (χ1v) is 13.1. The molecule has 0 saturated heterocycles. The molecule has 0 saturated carbocycles. The van der Waals surface area contributed by atoms with Crippen LogP contribution in [0.4, 0.5) is 4.79 Å². The van der Waals surface area contributed by atoms with Gasteiger partial charge in [0.15, 0.2) is 14.6 Å². The van der Waals surface area contributed by atoms with Gasteiger partial charge < -0.3 is 9.64 Å². The topological polar surface area (TPSA) is 118 Å². The van der Waals surface area contributed by atoms with E-state index < -0.39 is 20.5 Å². The van der Waals surface area contributed by atoms with Gasteiger partial charge in [0.05, 0.1) is 12.1 Å². The molecule has 188 valence electrons. The number of hydrogen-bond donors (Lipinski definition) is 2. The molecule has 2 N–H and O–H groups in total. The van der Waals surface area contributed by atoms with Crippen LogP contribution in [0.5, 0.6) is 0 Å². The van der Waals surface area contributed by atoms with Crippen molar-refractivity contribution in [2.45, 2.75) is 51.0 Å². The van der Waals surface area contributed by atoms with Crippen LogP contribution in [0.3, 0.4) is 0 Å². The Morgan fingerprint density at radius 3 is 2.34 bits per heavy atom. The Labute approximate surface area is 205 Å². The second-order valence-electron chi connectivity index (χ2n) is 9.26. The molecule has 1 aliphatic rings. The zero-order valence-corrected chi connectivity index (χ0v) is 21.4. The molecular formula is C25H31N3O6S. The molecule has 1 aliphatic heterocycles. The summed E-state index contributed by atoms with van der Waals surface area (Å²) in [5.74, 6) is 5.15. The summed E-state index contributed by atoms with van der Waals surface area (Å²) in [6.45, 7) is 8.15. The fourth-order valence-electron chi connectivity index (χ4n) is 3.94. The van der Waals surface area contributed by atoms with Gasteiger partial charge in [-0.3, -0.25) is 14.6 Å². The van der Waals surface area contributed by atoms with E-state index in [1.165, 1.54) is 21.9 Å². The van der Waals surface area contributed by atoms with Crippen molar-refractivity contribution in [1.82, 2.24) is 14.9 Å². The average Bonchev–Trinajstić information content (AvgIpc) is 3.33. The molecular weight excluding hydrogens is 470 g/mol. The third-order valence-corrected chi connectivity index (χ3v) is 8.45. The van der Waals surface area contributed by atoms with E-state index in [1.807, 2.05) is 51.1 Å². The summed E-state index contributed by atoms with van der Waals surface area (Å²) in [6.07, 6.45) is 2.42. The molecule has 1 aromatic heterocycles. The monoisotopic (exact) mass is 501 g/mol. The van der Waals surface area contributed by atoms with Gasteiger partial charge in [0.2, 0.25) is 0 Å². The highest BCUT2D eigenvalue weighted by Gasteiger charge is 2.44. The SMILES string of the molecule is CCOC(C)(C)c1ccc(C#Cc2cc3n(c2)C(=O)N(CCC(C)(C(=O)NO)S(C)(=O)=O)C3)cc1. The number of sulfone groups is 1. The number of hydroxylamine groups is 1. The normalized spacial score (nSPS) is 15.3. The number of rotatable bonds is 8. The van der Waals surface area contributed by atoms with Crippen molar-refractivity contribution in [3.63, 3.8) is 0 Å². The van der Waals surface area contributed by atoms with Crippen molar-refractivity contribution in [3.8, 4) is 11.8 Å². The van der Waals surface area contributed by atoms with Crippen molar-refractivity contribution in [1.29, 1.82) is 0 Å². The fourth-order valence-corrected chi connectivity index (χ4v) is 4.79. The van der Waals surface area contributed by atoms with Crippen molar-refractivity contribution in [3.05, 3.63) is 58.9 Å². The average molecular weight is 502 g/mol. The van der Waals surface area contributed by atoms with Crippen LogP contribution in [0, 0.1) is 11.8 Å². The van der Waals surface area contributed by atoms with Crippen molar-refractivity contribution in [2.75, 3.05) is 19.4 Å². The Balaban J connectivity index is 1.69. The molecule has 3 rings (SSSR count). The molecule has 0 fully saturated rings. The van der Waals surface area contributed by atoms with E-state index in [2.05, 4.69) is 11.8 Å². The molecule has 9 nitrogen and oxygen atoms in total. The van der Waals surface area contributed by atoms with Crippen LogP contribution in [-0.4, -0.2) is 59.2 Å². The minimum Gasteiger partial charge on any atom is -0.371 e. The van der Waals surface area contributed by atoms with Gasteiger partial charge in [-0.1, -0.05) is 24.0 Å². The first-order chi connectivity index (χ1) is 16.3. The first-order valence-electron chi connectivity index (χ1n) is 11.2. The number of ether oxygens (including phenoxy) is 1. The van der Waals surface area contributed by atoms with Crippen LogP contribution in [0.25, 0.3) is 0 Å².